The molecule has 2 heterocycles. The maximum Gasteiger partial charge on any atom is 0.243 e. The number of hydrogen-bond acceptors (Lipinski definition) is 9. The molecule has 1 unspecified atom stereocenters. The number of amides is 4. The van der Waals surface area contributed by atoms with Gasteiger partial charge < -0.3 is 35.6 Å². The molecule has 1 aliphatic rings. The van der Waals surface area contributed by atoms with Crippen LogP contribution in [0.15, 0.2) is 11.6 Å². The smallest absolute Gasteiger partial charge is 0.243 e. The first-order valence-corrected chi connectivity index (χ1v) is 18.5. The fourth-order valence-corrected chi connectivity index (χ4v) is 7.41. The lowest BCUT2D eigenvalue weighted by atomic mass is 9.90. The van der Waals surface area contributed by atoms with Gasteiger partial charge in [-0.15, -0.1) is 11.3 Å². The predicted molar refractivity (Wildman–Crippen MR) is 189 cm³/mol. The van der Waals surface area contributed by atoms with Gasteiger partial charge in [0, 0.05) is 32.3 Å². The second-order valence-corrected chi connectivity index (χ2v) is 14.7. The first kappa shape index (κ1) is 41.6. The number of likely N-dealkylation sites (tertiary alicyclic amines) is 1. The quantitative estimate of drug-likeness (QED) is 0.162. The molecule has 48 heavy (non-hydrogen) atoms. The van der Waals surface area contributed by atoms with Gasteiger partial charge in [-0.1, -0.05) is 61.8 Å². The summed E-state index contributed by atoms with van der Waals surface area (Å²) in [5.41, 5.74) is 0. The van der Waals surface area contributed by atoms with E-state index in [2.05, 4.69) is 26.3 Å². The fraction of sp³-hybridized carbons (Fsp3) is 0.800. The van der Waals surface area contributed by atoms with Crippen molar-refractivity contribution < 1.29 is 28.7 Å². The summed E-state index contributed by atoms with van der Waals surface area (Å²) in [5.74, 6) is -1.43. The van der Waals surface area contributed by atoms with Crippen LogP contribution in [0.3, 0.4) is 0 Å². The van der Waals surface area contributed by atoms with E-state index in [0.717, 1.165) is 17.8 Å². The number of thiazole rings is 1. The average Bonchev–Trinajstić information content (AvgIpc) is 3.77. The third-order valence-corrected chi connectivity index (χ3v) is 10.7. The zero-order valence-electron chi connectivity index (χ0n) is 31.0. The number of rotatable bonds is 20. The van der Waals surface area contributed by atoms with Crippen LogP contribution in [0.2, 0.25) is 0 Å². The van der Waals surface area contributed by atoms with Gasteiger partial charge in [0.2, 0.25) is 23.6 Å². The number of nitrogens with one attached hydrogen (secondary N) is 4. The zero-order valence-corrected chi connectivity index (χ0v) is 31.8. The Bertz CT molecular complexity index is 1150. The summed E-state index contributed by atoms with van der Waals surface area (Å²) >= 11 is 1.51. The van der Waals surface area contributed by atoms with Gasteiger partial charge in [0.1, 0.15) is 11.0 Å². The van der Waals surface area contributed by atoms with Crippen molar-refractivity contribution in [1.29, 1.82) is 0 Å². The number of hydrogen-bond donors (Lipinski definition) is 4. The van der Waals surface area contributed by atoms with E-state index in [-0.39, 0.29) is 59.9 Å². The second kappa shape index (κ2) is 20.2. The number of carbonyl (C=O) groups is 4. The maximum absolute atomic E-state index is 14.0. The molecular weight excluding hydrogens is 632 g/mol. The molecule has 9 atom stereocenters. The largest absolute Gasteiger partial charge is 0.379 e. The number of likely N-dealkylation sites (N-methyl/N-ethyl adjacent to an activating group) is 1. The lowest BCUT2D eigenvalue weighted by molar-refractivity contribution is -0.143. The van der Waals surface area contributed by atoms with Gasteiger partial charge in [-0.25, -0.2) is 4.98 Å². The average molecular weight is 695 g/mol. The number of ether oxygens (including phenoxy) is 2. The molecule has 1 fully saturated rings. The molecule has 1 aromatic rings. The van der Waals surface area contributed by atoms with Crippen LogP contribution in [0, 0.1) is 23.7 Å². The van der Waals surface area contributed by atoms with Crippen molar-refractivity contribution in [3.8, 4) is 0 Å². The monoisotopic (exact) mass is 694 g/mol. The highest BCUT2D eigenvalue weighted by atomic mass is 32.1. The SMILES string of the molecule is CCC(C)[C@H](NC(=O)[C@@H](NC(=O)[C@@H](NC)C(C)C)C(C)C)[C@@H](CC(=O)N1CCC[C@H]1[C@H](OC)[C@@H](C)C(=O)N[C@@H](CC)c1nccs1)OC. The number of nitrogens with zero attached hydrogens (tertiary/aromatic N) is 2. The minimum Gasteiger partial charge on any atom is -0.379 e. The number of aromatic nitrogens is 1. The molecule has 0 aromatic carbocycles. The molecule has 1 saturated heterocycles. The molecule has 2 rings (SSSR count). The Morgan fingerprint density at radius 1 is 0.917 bits per heavy atom. The summed E-state index contributed by atoms with van der Waals surface area (Å²) in [6, 6.07) is -2.12. The molecule has 13 heteroatoms. The highest BCUT2D eigenvalue weighted by Crippen LogP contribution is 2.29. The normalized spacial score (nSPS) is 20.0. The van der Waals surface area contributed by atoms with Crippen LogP contribution in [0.1, 0.15) is 98.5 Å². The summed E-state index contributed by atoms with van der Waals surface area (Å²) in [4.78, 5) is 60.4. The summed E-state index contributed by atoms with van der Waals surface area (Å²) in [5, 5.41) is 15.0. The Hall–Kier alpha value is -2.61. The van der Waals surface area contributed by atoms with Gasteiger partial charge in [0.25, 0.3) is 0 Å². The highest BCUT2D eigenvalue weighted by molar-refractivity contribution is 7.09. The predicted octanol–water partition coefficient (Wildman–Crippen LogP) is 3.67. The molecule has 12 nitrogen and oxygen atoms in total. The summed E-state index contributed by atoms with van der Waals surface area (Å²) < 4.78 is 11.8. The van der Waals surface area contributed by atoms with Gasteiger partial charge in [-0.05, 0) is 44.1 Å². The molecule has 0 aliphatic carbocycles. The summed E-state index contributed by atoms with van der Waals surface area (Å²) in [6.45, 7) is 16.1. The molecule has 274 valence electrons. The van der Waals surface area contributed by atoms with Crippen molar-refractivity contribution in [2.75, 3.05) is 27.8 Å². The first-order chi connectivity index (χ1) is 22.7. The van der Waals surface area contributed by atoms with E-state index in [1.54, 1.807) is 27.5 Å². The van der Waals surface area contributed by atoms with Crippen LogP contribution >= 0.6 is 11.3 Å². The van der Waals surface area contributed by atoms with Gasteiger partial charge in [0.05, 0.1) is 48.7 Å². The van der Waals surface area contributed by atoms with Gasteiger partial charge in [0.15, 0.2) is 0 Å². The van der Waals surface area contributed by atoms with E-state index in [0.29, 0.717) is 19.4 Å². The minimum absolute atomic E-state index is 0.00917. The standard InChI is InChI=1S/C35H62N6O6S/c1-12-22(7)30(40-34(45)29(21(5)6)39-33(44)28(36-9)20(3)4)26(46-10)19-27(42)41-17-14-15-25(41)31(47-11)23(8)32(43)38-24(13-2)35-37-16-18-48-35/h16,18,20-26,28-31,36H,12-15,17,19H2,1-11H3,(H,38,43)(H,39,44)(H,40,45)/t22?,23-,24+,25+,26-,28+,29+,30+,31-/m1/s1. The van der Waals surface area contributed by atoms with Crippen LogP contribution in [0.5, 0.6) is 0 Å². The molecule has 0 bridgehead atoms. The fourth-order valence-electron chi connectivity index (χ4n) is 6.64. The van der Waals surface area contributed by atoms with Gasteiger partial charge in [-0.2, -0.15) is 0 Å². The second-order valence-electron chi connectivity index (χ2n) is 13.8. The number of methoxy groups -OCH3 is 2. The Labute approximate surface area is 292 Å². The van der Waals surface area contributed by atoms with Crippen LogP contribution in [-0.2, 0) is 28.7 Å². The lowest BCUT2D eigenvalue weighted by Gasteiger charge is -2.37. The Balaban J connectivity index is 2.20. The zero-order chi connectivity index (χ0) is 36.1. The van der Waals surface area contributed by atoms with Crippen LogP contribution in [-0.4, -0.2) is 97.7 Å². The molecular formula is C35H62N6O6S. The molecule has 1 aliphatic heterocycles. The van der Waals surface area contributed by atoms with Crippen LogP contribution in [0.25, 0.3) is 0 Å². The molecule has 4 amide bonds. The molecule has 0 radical (unpaired) electrons. The van der Waals surface area contributed by atoms with Crippen molar-refractivity contribution in [3.63, 3.8) is 0 Å². The van der Waals surface area contributed by atoms with Crippen molar-refractivity contribution >= 4 is 35.0 Å². The summed E-state index contributed by atoms with van der Waals surface area (Å²) in [6.07, 6.45) is 3.65. The van der Waals surface area contributed by atoms with E-state index in [4.69, 9.17) is 9.47 Å². The van der Waals surface area contributed by atoms with Crippen molar-refractivity contribution in [3.05, 3.63) is 16.6 Å². The first-order valence-electron chi connectivity index (χ1n) is 17.6. The molecule has 1 aromatic heterocycles. The lowest BCUT2D eigenvalue weighted by Crippen LogP contribution is -2.59. The third-order valence-electron chi connectivity index (χ3n) is 9.80. The molecule has 4 N–H and O–H groups in total. The van der Waals surface area contributed by atoms with E-state index in [1.165, 1.54) is 11.3 Å². The van der Waals surface area contributed by atoms with Crippen LogP contribution < -0.4 is 21.3 Å². The highest BCUT2D eigenvalue weighted by Gasteiger charge is 2.42. The Morgan fingerprint density at radius 2 is 1.56 bits per heavy atom. The Kier molecular flexibility index (Phi) is 17.5. The van der Waals surface area contributed by atoms with E-state index >= 15 is 0 Å². The van der Waals surface area contributed by atoms with Crippen molar-refractivity contribution in [2.45, 2.75) is 130 Å². The van der Waals surface area contributed by atoms with Gasteiger partial charge >= 0.3 is 0 Å². The number of carbonyl (C=O) groups excluding carboxylic acids is 4. The van der Waals surface area contributed by atoms with Gasteiger partial charge in [-0.3, -0.25) is 19.2 Å². The van der Waals surface area contributed by atoms with E-state index in [9.17, 15) is 19.2 Å². The van der Waals surface area contributed by atoms with E-state index in [1.807, 2.05) is 65.7 Å². The Morgan fingerprint density at radius 3 is 2.06 bits per heavy atom. The minimum atomic E-state index is -0.757. The van der Waals surface area contributed by atoms with E-state index < -0.39 is 36.3 Å². The summed E-state index contributed by atoms with van der Waals surface area (Å²) in [7, 11) is 4.87. The van der Waals surface area contributed by atoms with Crippen LogP contribution in [0.4, 0.5) is 0 Å². The van der Waals surface area contributed by atoms with Crippen molar-refractivity contribution in [2.24, 2.45) is 23.7 Å². The topological polar surface area (TPSA) is 151 Å². The van der Waals surface area contributed by atoms with Crippen molar-refractivity contribution in [1.82, 2.24) is 31.2 Å². The molecule has 0 spiro atoms. The molecule has 0 saturated carbocycles. The maximum atomic E-state index is 14.0. The third kappa shape index (κ3) is 10.9.